The number of hydrogen-bond acceptors (Lipinski definition) is 2. The van der Waals surface area contributed by atoms with E-state index in [1.165, 1.54) is 49.6 Å². The van der Waals surface area contributed by atoms with Gasteiger partial charge in [-0.3, -0.25) is 4.98 Å². The standard InChI is InChI=1S/C18H23BrN2/c1-2-4-13-7-9-16(10-8-13)21-17-6-3-5-14-11-15(19)12-20-18(14)17/h3,5-6,11-13,16,21H,2,4,7-10H2,1H3. The van der Waals surface area contributed by atoms with Gasteiger partial charge in [0.1, 0.15) is 0 Å². The fraction of sp³-hybridized carbons (Fsp3) is 0.500. The van der Waals surface area contributed by atoms with E-state index in [1.54, 1.807) is 0 Å². The summed E-state index contributed by atoms with van der Waals surface area (Å²) in [6.07, 6.45) is 9.92. The normalized spacial score (nSPS) is 22.4. The number of benzene rings is 1. The molecule has 0 unspecified atom stereocenters. The van der Waals surface area contributed by atoms with Gasteiger partial charge in [-0.2, -0.15) is 0 Å². The van der Waals surface area contributed by atoms with E-state index < -0.39 is 0 Å². The molecule has 1 fully saturated rings. The summed E-state index contributed by atoms with van der Waals surface area (Å²) in [4.78, 5) is 4.58. The first-order chi connectivity index (χ1) is 10.3. The molecule has 0 bridgehead atoms. The van der Waals surface area contributed by atoms with E-state index in [1.807, 2.05) is 6.20 Å². The van der Waals surface area contributed by atoms with Crippen molar-refractivity contribution in [3.05, 3.63) is 34.9 Å². The highest BCUT2D eigenvalue weighted by Gasteiger charge is 2.20. The zero-order valence-corrected chi connectivity index (χ0v) is 14.2. The number of nitrogens with zero attached hydrogens (tertiary/aromatic N) is 1. The highest BCUT2D eigenvalue weighted by atomic mass is 79.9. The highest BCUT2D eigenvalue weighted by molar-refractivity contribution is 9.10. The van der Waals surface area contributed by atoms with Crippen LogP contribution in [0.5, 0.6) is 0 Å². The molecule has 1 aromatic heterocycles. The number of halogens is 1. The van der Waals surface area contributed by atoms with E-state index in [2.05, 4.69) is 57.4 Å². The summed E-state index contributed by atoms with van der Waals surface area (Å²) in [5, 5.41) is 4.92. The monoisotopic (exact) mass is 346 g/mol. The van der Waals surface area contributed by atoms with Crippen molar-refractivity contribution in [1.29, 1.82) is 0 Å². The fourth-order valence-electron chi connectivity index (χ4n) is 3.47. The molecular formula is C18H23BrN2. The summed E-state index contributed by atoms with van der Waals surface area (Å²) in [6, 6.07) is 9.12. The number of anilines is 1. The van der Waals surface area contributed by atoms with Gasteiger partial charge < -0.3 is 5.32 Å². The Hall–Kier alpha value is -1.09. The van der Waals surface area contributed by atoms with Crippen LogP contribution >= 0.6 is 15.9 Å². The SMILES string of the molecule is CCCC1CCC(Nc2cccc3cc(Br)cnc23)CC1. The van der Waals surface area contributed by atoms with Gasteiger partial charge in [-0.1, -0.05) is 31.9 Å². The molecule has 0 amide bonds. The van der Waals surface area contributed by atoms with Crippen molar-refractivity contribution in [3.63, 3.8) is 0 Å². The third kappa shape index (κ3) is 3.57. The minimum absolute atomic E-state index is 0.606. The molecular weight excluding hydrogens is 324 g/mol. The summed E-state index contributed by atoms with van der Waals surface area (Å²) >= 11 is 3.49. The first kappa shape index (κ1) is 14.8. The van der Waals surface area contributed by atoms with Crippen molar-refractivity contribution in [2.24, 2.45) is 5.92 Å². The Morgan fingerprint density at radius 3 is 2.81 bits per heavy atom. The lowest BCUT2D eigenvalue weighted by atomic mass is 9.83. The Kier molecular flexibility index (Phi) is 4.79. The molecule has 1 aliphatic rings. The van der Waals surface area contributed by atoms with Crippen molar-refractivity contribution in [2.75, 3.05) is 5.32 Å². The summed E-state index contributed by atoms with van der Waals surface area (Å²) in [5.41, 5.74) is 2.26. The minimum Gasteiger partial charge on any atom is -0.381 e. The molecule has 3 rings (SSSR count). The van der Waals surface area contributed by atoms with E-state index >= 15 is 0 Å². The lowest BCUT2D eigenvalue weighted by Crippen LogP contribution is -2.26. The van der Waals surface area contributed by atoms with Crippen LogP contribution in [-0.2, 0) is 0 Å². The van der Waals surface area contributed by atoms with Gasteiger partial charge in [-0.05, 0) is 59.7 Å². The third-order valence-corrected chi connectivity index (χ3v) is 5.01. The number of nitrogens with one attached hydrogen (secondary N) is 1. The summed E-state index contributed by atoms with van der Waals surface area (Å²) in [7, 11) is 0. The Bertz CT molecular complexity index is 603. The van der Waals surface area contributed by atoms with Crippen LogP contribution in [0.15, 0.2) is 34.9 Å². The van der Waals surface area contributed by atoms with Gasteiger partial charge in [-0.25, -0.2) is 0 Å². The predicted molar refractivity (Wildman–Crippen MR) is 93.7 cm³/mol. The molecule has 0 saturated heterocycles. The van der Waals surface area contributed by atoms with Crippen LogP contribution < -0.4 is 5.32 Å². The molecule has 0 aliphatic heterocycles. The zero-order chi connectivity index (χ0) is 14.7. The van der Waals surface area contributed by atoms with E-state index in [4.69, 9.17) is 0 Å². The van der Waals surface area contributed by atoms with E-state index in [9.17, 15) is 0 Å². The van der Waals surface area contributed by atoms with Crippen molar-refractivity contribution in [1.82, 2.24) is 4.98 Å². The molecule has 2 nitrogen and oxygen atoms in total. The van der Waals surface area contributed by atoms with Gasteiger partial charge in [0, 0.05) is 22.1 Å². The van der Waals surface area contributed by atoms with Crippen LogP contribution in [-0.4, -0.2) is 11.0 Å². The fourth-order valence-corrected chi connectivity index (χ4v) is 3.82. The van der Waals surface area contributed by atoms with Crippen molar-refractivity contribution < 1.29 is 0 Å². The average molecular weight is 347 g/mol. The molecule has 1 aliphatic carbocycles. The van der Waals surface area contributed by atoms with Gasteiger partial charge >= 0.3 is 0 Å². The molecule has 21 heavy (non-hydrogen) atoms. The zero-order valence-electron chi connectivity index (χ0n) is 12.6. The highest BCUT2D eigenvalue weighted by Crippen LogP contribution is 2.31. The first-order valence-electron chi connectivity index (χ1n) is 8.07. The molecule has 1 heterocycles. The predicted octanol–water partition coefficient (Wildman–Crippen LogP) is 5.77. The van der Waals surface area contributed by atoms with Crippen LogP contribution in [0.4, 0.5) is 5.69 Å². The molecule has 3 heteroatoms. The molecule has 0 radical (unpaired) electrons. The van der Waals surface area contributed by atoms with Gasteiger partial charge in [0.15, 0.2) is 0 Å². The number of fused-ring (bicyclic) bond motifs is 1. The van der Waals surface area contributed by atoms with Crippen molar-refractivity contribution in [3.8, 4) is 0 Å². The van der Waals surface area contributed by atoms with Gasteiger partial charge in [0.25, 0.3) is 0 Å². The van der Waals surface area contributed by atoms with Gasteiger partial charge in [0.2, 0.25) is 0 Å². The maximum atomic E-state index is 4.58. The minimum atomic E-state index is 0.606. The smallest absolute Gasteiger partial charge is 0.0934 e. The molecule has 1 aromatic carbocycles. The van der Waals surface area contributed by atoms with Gasteiger partial charge in [-0.15, -0.1) is 0 Å². The average Bonchev–Trinajstić information content (AvgIpc) is 2.49. The molecule has 0 atom stereocenters. The lowest BCUT2D eigenvalue weighted by molar-refractivity contribution is 0.319. The quantitative estimate of drug-likeness (QED) is 0.760. The summed E-state index contributed by atoms with van der Waals surface area (Å²) < 4.78 is 1.03. The Morgan fingerprint density at radius 2 is 2.05 bits per heavy atom. The second-order valence-corrected chi connectivity index (χ2v) is 7.10. The van der Waals surface area contributed by atoms with Gasteiger partial charge in [0.05, 0.1) is 11.2 Å². The molecule has 0 spiro atoms. The maximum absolute atomic E-state index is 4.58. The summed E-state index contributed by atoms with van der Waals surface area (Å²) in [5.74, 6) is 0.953. The van der Waals surface area contributed by atoms with Crippen LogP contribution in [0.1, 0.15) is 45.4 Å². The van der Waals surface area contributed by atoms with E-state index in [0.29, 0.717) is 6.04 Å². The number of aromatic nitrogens is 1. The van der Waals surface area contributed by atoms with Crippen LogP contribution in [0.25, 0.3) is 10.9 Å². The molecule has 2 aromatic rings. The topological polar surface area (TPSA) is 24.9 Å². The third-order valence-electron chi connectivity index (χ3n) is 4.58. The number of pyridine rings is 1. The first-order valence-corrected chi connectivity index (χ1v) is 8.86. The number of hydrogen-bond donors (Lipinski definition) is 1. The van der Waals surface area contributed by atoms with Crippen molar-refractivity contribution >= 4 is 32.5 Å². The van der Waals surface area contributed by atoms with Crippen LogP contribution in [0.3, 0.4) is 0 Å². The Morgan fingerprint density at radius 1 is 1.24 bits per heavy atom. The van der Waals surface area contributed by atoms with E-state index in [0.717, 1.165) is 15.9 Å². The molecule has 1 N–H and O–H groups in total. The number of rotatable bonds is 4. The maximum Gasteiger partial charge on any atom is 0.0934 e. The largest absolute Gasteiger partial charge is 0.381 e. The second-order valence-electron chi connectivity index (χ2n) is 6.18. The lowest BCUT2D eigenvalue weighted by Gasteiger charge is -2.29. The number of para-hydroxylation sites is 1. The van der Waals surface area contributed by atoms with Crippen LogP contribution in [0.2, 0.25) is 0 Å². The Labute approximate surface area is 135 Å². The molecule has 112 valence electrons. The Balaban J connectivity index is 1.71. The van der Waals surface area contributed by atoms with Crippen LogP contribution in [0, 0.1) is 5.92 Å². The van der Waals surface area contributed by atoms with Crippen molar-refractivity contribution in [2.45, 2.75) is 51.5 Å². The van der Waals surface area contributed by atoms with E-state index in [-0.39, 0.29) is 0 Å². The second kappa shape index (κ2) is 6.78. The summed E-state index contributed by atoms with van der Waals surface area (Å²) in [6.45, 7) is 2.30. The molecule has 1 saturated carbocycles.